The highest BCUT2D eigenvalue weighted by molar-refractivity contribution is 6.21. The van der Waals surface area contributed by atoms with Gasteiger partial charge in [-0.05, 0) is 24.6 Å². The smallest absolute Gasteiger partial charge is 0.261 e. The number of aliphatic hydroxyl groups is 4. The fourth-order valence-electron chi connectivity index (χ4n) is 3.13. The molecule has 0 saturated carbocycles. The van der Waals surface area contributed by atoms with E-state index in [1.165, 1.54) is 0 Å². The first kappa shape index (κ1) is 20.6. The second kappa shape index (κ2) is 8.48. The quantitative estimate of drug-likeness (QED) is 0.359. The number of nitrogens with zero attached hydrogens (tertiary/aromatic N) is 1. The van der Waals surface area contributed by atoms with E-state index in [-0.39, 0.29) is 25.0 Å². The number of aliphatic hydroxyl groups excluding tert-OH is 4. The van der Waals surface area contributed by atoms with Crippen LogP contribution in [0.2, 0.25) is 0 Å². The number of hydrogen-bond donors (Lipinski definition) is 4. The fourth-order valence-corrected chi connectivity index (χ4v) is 3.13. The lowest BCUT2D eigenvalue weighted by atomic mass is 9.99. The van der Waals surface area contributed by atoms with Gasteiger partial charge in [-0.2, -0.15) is 0 Å². The molecule has 0 spiro atoms. The van der Waals surface area contributed by atoms with Crippen molar-refractivity contribution in [3.63, 3.8) is 0 Å². The molecular formula is C19H23NO8. The number of fused-ring (bicyclic) bond motifs is 1. The highest BCUT2D eigenvalue weighted by Crippen LogP contribution is 2.24. The number of hydrogen-bond acceptors (Lipinski definition) is 8. The summed E-state index contributed by atoms with van der Waals surface area (Å²) in [5.41, 5.74) is 1.40. The average molecular weight is 393 g/mol. The molecule has 28 heavy (non-hydrogen) atoms. The first-order valence-corrected chi connectivity index (χ1v) is 8.88. The molecule has 9 nitrogen and oxygen atoms in total. The van der Waals surface area contributed by atoms with Crippen molar-refractivity contribution < 1.29 is 39.5 Å². The predicted octanol–water partition coefficient (Wildman–Crippen LogP) is -0.955. The summed E-state index contributed by atoms with van der Waals surface area (Å²) >= 11 is 0. The molecule has 2 heterocycles. The Balaban J connectivity index is 1.57. The van der Waals surface area contributed by atoms with Crippen molar-refractivity contribution in [3.8, 4) is 0 Å². The van der Waals surface area contributed by atoms with E-state index in [9.17, 15) is 30.0 Å². The number of rotatable bonds is 6. The molecule has 3 rings (SSSR count). The zero-order chi connectivity index (χ0) is 20.4. The summed E-state index contributed by atoms with van der Waals surface area (Å²) in [5.74, 6) is -0.723. The molecule has 1 saturated heterocycles. The Morgan fingerprint density at radius 3 is 2.29 bits per heavy atom. The van der Waals surface area contributed by atoms with E-state index in [1.54, 1.807) is 37.3 Å². The van der Waals surface area contributed by atoms with E-state index in [4.69, 9.17) is 9.47 Å². The zero-order valence-corrected chi connectivity index (χ0v) is 15.3. The molecule has 0 radical (unpaired) electrons. The molecule has 0 aliphatic carbocycles. The summed E-state index contributed by atoms with van der Waals surface area (Å²) in [7, 11) is 0. The number of benzene rings is 1. The van der Waals surface area contributed by atoms with Crippen molar-refractivity contribution in [2.45, 2.75) is 37.6 Å². The number of carbonyl (C=O) groups excluding carboxylic acids is 2. The molecule has 152 valence electrons. The SMILES string of the molecule is C/C(=C\CN1C(=O)c2ccccc2C1=O)CO[C@@H]1O[C@H](CO)[C@@H](O)[C@H](O)[C@H]1O. The van der Waals surface area contributed by atoms with Gasteiger partial charge in [0.2, 0.25) is 0 Å². The van der Waals surface area contributed by atoms with Gasteiger partial charge in [0.1, 0.15) is 24.4 Å². The van der Waals surface area contributed by atoms with Crippen LogP contribution in [0, 0.1) is 0 Å². The van der Waals surface area contributed by atoms with E-state index in [0.717, 1.165) is 4.90 Å². The molecule has 1 aromatic carbocycles. The van der Waals surface area contributed by atoms with Gasteiger partial charge >= 0.3 is 0 Å². The third kappa shape index (κ3) is 3.86. The minimum absolute atomic E-state index is 0.00808. The maximum Gasteiger partial charge on any atom is 0.261 e. The van der Waals surface area contributed by atoms with Gasteiger partial charge in [0.05, 0.1) is 24.3 Å². The standard InChI is InChI=1S/C19H23NO8/c1-10(9-27-19-16(24)15(23)14(22)13(8-21)28-19)6-7-20-17(25)11-4-2-3-5-12(11)18(20)26/h2-6,13-16,19,21-24H,7-9H2,1H3/b10-6+/t13-,14-,15+,16-,19-/m1/s1. The summed E-state index contributed by atoms with van der Waals surface area (Å²) in [4.78, 5) is 25.8. The van der Waals surface area contributed by atoms with Gasteiger partial charge in [-0.3, -0.25) is 14.5 Å². The molecule has 1 fully saturated rings. The maximum absolute atomic E-state index is 12.3. The Hall–Kier alpha value is -2.14. The molecule has 5 atom stereocenters. The van der Waals surface area contributed by atoms with Crippen LogP contribution >= 0.6 is 0 Å². The molecule has 2 aliphatic rings. The second-order valence-electron chi connectivity index (χ2n) is 6.83. The van der Waals surface area contributed by atoms with Crippen LogP contribution in [-0.2, 0) is 9.47 Å². The molecule has 2 amide bonds. The lowest BCUT2D eigenvalue weighted by molar-refractivity contribution is -0.299. The van der Waals surface area contributed by atoms with Crippen molar-refractivity contribution in [1.82, 2.24) is 4.90 Å². The second-order valence-corrected chi connectivity index (χ2v) is 6.83. The van der Waals surface area contributed by atoms with Crippen molar-refractivity contribution >= 4 is 11.8 Å². The summed E-state index contributed by atoms with van der Waals surface area (Å²) < 4.78 is 10.7. The van der Waals surface area contributed by atoms with E-state index in [1.807, 2.05) is 0 Å². The summed E-state index contributed by atoms with van der Waals surface area (Å²) in [6.07, 6.45) is -5.10. The van der Waals surface area contributed by atoms with Gasteiger partial charge in [-0.25, -0.2) is 0 Å². The molecule has 0 aromatic heterocycles. The van der Waals surface area contributed by atoms with Gasteiger partial charge in [-0.1, -0.05) is 18.2 Å². The minimum Gasteiger partial charge on any atom is -0.394 e. The highest BCUT2D eigenvalue weighted by Gasteiger charge is 2.44. The first-order chi connectivity index (χ1) is 13.3. The number of ether oxygens (including phenoxy) is 2. The summed E-state index contributed by atoms with van der Waals surface area (Å²) in [6.45, 7) is 1.23. The molecule has 9 heteroatoms. The summed E-state index contributed by atoms with van der Waals surface area (Å²) in [5, 5.41) is 38.6. The van der Waals surface area contributed by atoms with E-state index in [2.05, 4.69) is 0 Å². The van der Waals surface area contributed by atoms with Crippen LogP contribution in [0.25, 0.3) is 0 Å². The number of imide groups is 1. The van der Waals surface area contributed by atoms with Crippen molar-refractivity contribution in [2.75, 3.05) is 19.8 Å². The lowest BCUT2D eigenvalue weighted by Crippen LogP contribution is -2.59. The number of amides is 2. The largest absolute Gasteiger partial charge is 0.394 e. The molecular weight excluding hydrogens is 370 g/mol. The monoisotopic (exact) mass is 393 g/mol. The zero-order valence-electron chi connectivity index (χ0n) is 15.3. The average Bonchev–Trinajstić information content (AvgIpc) is 2.94. The van der Waals surface area contributed by atoms with Crippen molar-refractivity contribution in [2.24, 2.45) is 0 Å². The third-order valence-electron chi connectivity index (χ3n) is 4.82. The van der Waals surface area contributed by atoms with Crippen LogP contribution in [0.3, 0.4) is 0 Å². The van der Waals surface area contributed by atoms with Crippen molar-refractivity contribution in [1.29, 1.82) is 0 Å². The topological polar surface area (TPSA) is 137 Å². The fraction of sp³-hybridized carbons (Fsp3) is 0.474. The Morgan fingerprint density at radius 2 is 1.71 bits per heavy atom. The Bertz CT molecular complexity index is 742. The Labute approximate surface area is 161 Å². The molecule has 2 aliphatic heterocycles. The van der Waals surface area contributed by atoms with Crippen LogP contribution in [-0.4, -0.2) is 87.6 Å². The molecule has 4 N–H and O–H groups in total. The summed E-state index contributed by atoms with van der Waals surface area (Å²) in [6, 6.07) is 6.61. The highest BCUT2D eigenvalue weighted by atomic mass is 16.7. The number of carbonyl (C=O) groups is 2. The lowest BCUT2D eigenvalue weighted by Gasteiger charge is -2.39. The normalized spacial score (nSPS) is 30.7. The van der Waals surface area contributed by atoms with Gasteiger partial charge < -0.3 is 29.9 Å². The molecule has 0 unspecified atom stereocenters. The van der Waals surface area contributed by atoms with E-state index >= 15 is 0 Å². The van der Waals surface area contributed by atoms with Gasteiger partial charge in [0.15, 0.2) is 6.29 Å². The molecule has 0 bridgehead atoms. The van der Waals surface area contributed by atoms with Crippen LogP contribution < -0.4 is 0 Å². The predicted molar refractivity (Wildman–Crippen MR) is 95.3 cm³/mol. The van der Waals surface area contributed by atoms with Crippen LogP contribution in [0.4, 0.5) is 0 Å². The Morgan fingerprint density at radius 1 is 1.11 bits per heavy atom. The first-order valence-electron chi connectivity index (χ1n) is 8.88. The van der Waals surface area contributed by atoms with E-state index in [0.29, 0.717) is 16.7 Å². The molecule has 1 aromatic rings. The van der Waals surface area contributed by atoms with Crippen molar-refractivity contribution in [3.05, 3.63) is 47.0 Å². The maximum atomic E-state index is 12.3. The minimum atomic E-state index is -1.52. The Kier molecular flexibility index (Phi) is 6.23. The van der Waals surface area contributed by atoms with Crippen LogP contribution in [0.15, 0.2) is 35.9 Å². The van der Waals surface area contributed by atoms with Gasteiger partial charge in [-0.15, -0.1) is 0 Å². The van der Waals surface area contributed by atoms with Crippen LogP contribution in [0.5, 0.6) is 0 Å². The third-order valence-corrected chi connectivity index (χ3v) is 4.82. The van der Waals surface area contributed by atoms with Crippen LogP contribution in [0.1, 0.15) is 27.6 Å². The van der Waals surface area contributed by atoms with Gasteiger partial charge in [0.25, 0.3) is 11.8 Å². The van der Waals surface area contributed by atoms with E-state index < -0.39 is 37.3 Å². The van der Waals surface area contributed by atoms with Gasteiger partial charge in [0, 0.05) is 6.54 Å².